The van der Waals surface area contributed by atoms with E-state index < -0.39 is 0 Å². The summed E-state index contributed by atoms with van der Waals surface area (Å²) in [7, 11) is 0. The van der Waals surface area contributed by atoms with E-state index in [0.29, 0.717) is 0 Å². The summed E-state index contributed by atoms with van der Waals surface area (Å²) in [6.07, 6.45) is 0. The predicted octanol–water partition coefficient (Wildman–Crippen LogP) is 4.83. The van der Waals surface area contributed by atoms with Crippen molar-refractivity contribution in [3.8, 4) is 11.3 Å². The molecule has 3 aromatic rings. The van der Waals surface area contributed by atoms with Gasteiger partial charge >= 0.3 is 0 Å². The highest BCUT2D eigenvalue weighted by atomic mass is 15.2. The van der Waals surface area contributed by atoms with Gasteiger partial charge in [0.2, 0.25) is 0 Å². The molecule has 1 N–H and O–H groups in total. The van der Waals surface area contributed by atoms with Gasteiger partial charge in [0.15, 0.2) is 0 Å². The fourth-order valence-electron chi connectivity index (χ4n) is 2.75. The molecule has 0 fully saturated rings. The Bertz CT molecular complexity index is 822. The Balaban J connectivity index is 2.32. The van der Waals surface area contributed by atoms with Crippen molar-refractivity contribution in [2.24, 2.45) is 0 Å². The highest BCUT2D eigenvalue weighted by molar-refractivity contribution is 5.79. The first-order chi connectivity index (χ1) is 10.4. The van der Waals surface area contributed by atoms with E-state index in [0.717, 1.165) is 17.2 Å². The van der Waals surface area contributed by atoms with Crippen molar-refractivity contribution in [3.63, 3.8) is 0 Å². The van der Waals surface area contributed by atoms with Crippen molar-refractivity contribution in [2.75, 3.05) is 5.32 Å². The fraction of sp³-hybridized carbons (Fsp3) is 0.316. The molecule has 0 aliphatic heterocycles. The number of nitrogens with one attached hydrogen (secondary N) is 1. The smallest absolute Gasteiger partial charge is 0.139 e. The number of fused-ring (bicyclic) bond motifs is 1. The van der Waals surface area contributed by atoms with Crippen LogP contribution in [0.15, 0.2) is 42.5 Å². The molecule has 0 aliphatic rings. The van der Waals surface area contributed by atoms with Crippen molar-refractivity contribution in [2.45, 2.75) is 40.2 Å². The number of aryl methyl sites for hydroxylation is 2. The summed E-state index contributed by atoms with van der Waals surface area (Å²) < 4.78 is 2.20. The minimum atomic E-state index is -0.0321. The van der Waals surface area contributed by atoms with Gasteiger partial charge in [-0.1, -0.05) is 30.3 Å². The summed E-state index contributed by atoms with van der Waals surface area (Å²) in [6, 6.07) is 14.6. The minimum absolute atomic E-state index is 0.0321. The maximum Gasteiger partial charge on any atom is 0.139 e. The Morgan fingerprint density at radius 2 is 1.68 bits per heavy atom. The second-order valence-electron chi connectivity index (χ2n) is 6.86. The summed E-state index contributed by atoms with van der Waals surface area (Å²) in [5.41, 5.74) is 5.55. The van der Waals surface area contributed by atoms with Crippen molar-refractivity contribution in [3.05, 3.63) is 53.7 Å². The van der Waals surface area contributed by atoms with Gasteiger partial charge in [-0.3, -0.25) is 4.40 Å². The molecule has 0 unspecified atom stereocenters. The fourth-order valence-corrected chi connectivity index (χ4v) is 2.75. The van der Waals surface area contributed by atoms with Gasteiger partial charge in [0.1, 0.15) is 17.2 Å². The monoisotopic (exact) mass is 293 g/mol. The topological polar surface area (TPSA) is 29.3 Å². The third-order valence-corrected chi connectivity index (χ3v) is 3.73. The molecule has 0 saturated heterocycles. The average Bonchev–Trinajstić information content (AvgIpc) is 2.77. The minimum Gasteiger partial charge on any atom is -0.365 e. The van der Waals surface area contributed by atoms with Crippen molar-refractivity contribution >= 4 is 11.5 Å². The molecule has 22 heavy (non-hydrogen) atoms. The largest absolute Gasteiger partial charge is 0.365 e. The van der Waals surface area contributed by atoms with Crippen LogP contribution < -0.4 is 5.32 Å². The number of anilines is 1. The molecule has 114 valence electrons. The lowest BCUT2D eigenvalue weighted by molar-refractivity contribution is 0.629. The quantitative estimate of drug-likeness (QED) is 0.733. The molecule has 0 radical (unpaired) electrons. The van der Waals surface area contributed by atoms with Crippen LogP contribution in [-0.4, -0.2) is 14.9 Å². The molecular weight excluding hydrogens is 270 g/mol. The summed E-state index contributed by atoms with van der Waals surface area (Å²) in [5, 5.41) is 3.64. The lowest BCUT2D eigenvalue weighted by Gasteiger charge is -2.23. The molecule has 0 aliphatic carbocycles. The van der Waals surface area contributed by atoms with Gasteiger partial charge < -0.3 is 5.32 Å². The summed E-state index contributed by atoms with van der Waals surface area (Å²) in [5.74, 6) is 1.06. The number of hydrogen-bond acceptors (Lipinski definition) is 2. The molecule has 0 spiro atoms. The summed E-state index contributed by atoms with van der Waals surface area (Å²) >= 11 is 0. The second-order valence-corrected chi connectivity index (χ2v) is 6.86. The highest BCUT2D eigenvalue weighted by Crippen LogP contribution is 2.33. The van der Waals surface area contributed by atoms with Gasteiger partial charge in [0.25, 0.3) is 0 Å². The van der Waals surface area contributed by atoms with Gasteiger partial charge in [-0.2, -0.15) is 0 Å². The number of rotatable bonds is 2. The summed E-state index contributed by atoms with van der Waals surface area (Å²) in [4.78, 5) is 4.89. The molecule has 3 nitrogen and oxygen atoms in total. The van der Waals surface area contributed by atoms with E-state index in [2.05, 4.69) is 86.8 Å². The first-order valence-electron chi connectivity index (χ1n) is 7.69. The third kappa shape index (κ3) is 2.59. The Morgan fingerprint density at radius 3 is 2.36 bits per heavy atom. The predicted molar refractivity (Wildman–Crippen MR) is 93.5 cm³/mol. The zero-order valence-electron chi connectivity index (χ0n) is 13.9. The zero-order valence-corrected chi connectivity index (χ0v) is 13.9. The number of pyridine rings is 1. The summed E-state index contributed by atoms with van der Waals surface area (Å²) in [6.45, 7) is 10.8. The van der Waals surface area contributed by atoms with Crippen LogP contribution in [0.3, 0.4) is 0 Å². The Hall–Kier alpha value is -2.29. The van der Waals surface area contributed by atoms with Crippen LogP contribution in [-0.2, 0) is 0 Å². The normalized spacial score (nSPS) is 11.9. The van der Waals surface area contributed by atoms with Crippen molar-refractivity contribution in [1.82, 2.24) is 9.38 Å². The Kier molecular flexibility index (Phi) is 3.44. The zero-order chi connectivity index (χ0) is 15.9. The standard InChI is InChI=1S/C19H23N3/c1-13-9-6-7-11-15(13)17-18(21-19(3,4)5)22-14(2)10-8-12-16(22)20-17/h6-12,21H,1-5H3. The van der Waals surface area contributed by atoms with E-state index in [1.54, 1.807) is 0 Å². The van der Waals surface area contributed by atoms with E-state index in [1.807, 2.05) is 0 Å². The van der Waals surface area contributed by atoms with Crippen LogP contribution in [0, 0.1) is 13.8 Å². The van der Waals surface area contributed by atoms with Crippen LogP contribution >= 0.6 is 0 Å². The van der Waals surface area contributed by atoms with Crippen LogP contribution in [0.1, 0.15) is 32.0 Å². The first-order valence-corrected chi connectivity index (χ1v) is 7.69. The van der Waals surface area contributed by atoms with Gasteiger partial charge in [-0.15, -0.1) is 0 Å². The highest BCUT2D eigenvalue weighted by Gasteiger charge is 2.20. The Labute approximate surface area is 132 Å². The van der Waals surface area contributed by atoms with Gasteiger partial charge in [-0.25, -0.2) is 4.98 Å². The molecule has 1 aromatic carbocycles. The van der Waals surface area contributed by atoms with Gasteiger partial charge in [0.05, 0.1) is 0 Å². The van der Waals surface area contributed by atoms with Crippen LogP contribution in [0.5, 0.6) is 0 Å². The number of imidazole rings is 1. The van der Waals surface area contributed by atoms with Gasteiger partial charge in [0, 0.05) is 16.8 Å². The first kappa shape index (κ1) is 14.6. The van der Waals surface area contributed by atoms with E-state index in [9.17, 15) is 0 Å². The molecule has 2 aromatic heterocycles. The molecule has 0 bridgehead atoms. The molecular formula is C19H23N3. The van der Waals surface area contributed by atoms with E-state index in [-0.39, 0.29) is 5.54 Å². The lowest BCUT2D eigenvalue weighted by atomic mass is 10.0. The van der Waals surface area contributed by atoms with E-state index in [1.165, 1.54) is 16.8 Å². The molecule has 3 heteroatoms. The number of hydrogen-bond donors (Lipinski definition) is 1. The maximum atomic E-state index is 4.89. The van der Waals surface area contributed by atoms with E-state index in [4.69, 9.17) is 4.98 Å². The molecule has 0 amide bonds. The van der Waals surface area contributed by atoms with E-state index >= 15 is 0 Å². The van der Waals surface area contributed by atoms with Crippen LogP contribution in [0.2, 0.25) is 0 Å². The third-order valence-electron chi connectivity index (χ3n) is 3.73. The van der Waals surface area contributed by atoms with Crippen LogP contribution in [0.25, 0.3) is 16.9 Å². The number of benzene rings is 1. The van der Waals surface area contributed by atoms with Crippen molar-refractivity contribution in [1.29, 1.82) is 0 Å². The van der Waals surface area contributed by atoms with Gasteiger partial charge in [-0.05, 0) is 52.3 Å². The number of nitrogens with zero attached hydrogens (tertiary/aromatic N) is 2. The lowest BCUT2D eigenvalue weighted by Crippen LogP contribution is -2.27. The molecule has 0 saturated carbocycles. The SMILES string of the molecule is Cc1ccccc1-c1nc2cccc(C)n2c1NC(C)(C)C. The molecule has 2 heterocycles. The van der Waals surface area contributed by atoms with Crippen molar-refractivity contribution < 1.29 is 0 Å². The second kappa shape index (κ2) is 5.16. The van der Waals surface area contributed by atoms with Crippen LogP contribution in [0.4, 0.5) is 5.82 Å². The average molecular weight is 293 g/mol. The maximum absolute atomic E-state index is 4.89. The molecule has 3 rings (SSSR count). The number of aromatic nitrogens is 2. The molecule has 0 atom stereocenters. The Morgan fingerprint density at radius 1 is 0.955 bits per heavy atom.